The molecule has 0 aromatic heterocycles. The molecule has 0 amide bonds. The first-order valence-electron chi connectivity index (χ1n) is 7.63. The molecular formula is C20H17NO3. The van der Waals surface area contributed by atoms with Crippen LogP contribution in [0.2, 0.25) is 0 Å². The van der Waals surface area contributed by atoms with Crippen LogP contribution in [-0.4, -0.2) is 20.3 Å². The van der Waals surface area contributed by atoms with E-state index in [0.717, 1.165) is 22.3 Å². The molecule has 4 heteroatoms. The number of nitriles is 1. The van der Waals surface area contributed by atoms with Crippen LogP contribution < -0.4 is 14.2 Å². The van der Waals surface area contributed by atoms with E-state index >= 15 is 0 Å². The molecule has 0 atom stereocenters. The highest BCUT2D eigenvalue weighted by Crippen LogP contribution is 2.27. The van der Waals surface area contributed by atoms with Crippen molar-refractivity contribution < 1.29 is 14.2 Å². The van der Waals surface area contributed by atoms with E-state index < -0.39 is 0 Å². The van der Waals surface area contributed by atoms with Crippen LogP contribution in [0.1, 0.15) is 5.56 Å². The lowest BCUT2D eigenvalue weighted by molar-refractivity contribution is 0.216. The van der Waals surface area contributed by atoms with Gasteiger partial charge in [-0.2, -0.15) is 5.26 Å². The SMILES string of the molecule is COc1cccc(OCCOc2ccc3ccccc3c2C#N)c1. The summed E-state index contributed by atoms with van der Waals surface area (Å²) < 4.78 is 16.5. The number of nitrogens with zero attached hydrogens (tertiary/aromatic N) is 1. The lowest BCUT2D eigenvalue weighted by atomic mass is 10.0. The summed E-state index contributed by atoms with van der Waals surface area (Å²) in [7, 11) is 1.62. The lowest BCUT2D eigenvalue weighted by Gasteiger charge is -2.11. The van der Waals surface area contributed by atoms with Crippen molar-refractivity contribution in [3.05, 3.63) is 66.2 Å². The number of rotatable bonds is 6. The van der Waals surface area contributed by atoms with Crippen molar-refractivity contribution >= 4 is 10.8 Å². The summed E-state index contributed by atoms with van der Waals surface area (Å²) >= 11 is 0. The van der Waals surface area contributed by atoms with Crippen molar-refractivity contribution in [2.45, 2.75) is 0 Å². The van der Waals surface area contributed by atoms with Crippen LogP contribution in [0.25, 0.3) is 10.8 Å². The fourth-order valence-corrected chi connectivity index (χ4v) is 2.49. The van der Waals surface area contributed by atoms with Gasteiger partial charge in [0.1, 0.15) is 42.1 Å². The third kappa shape index (κ3) is 3.41. The highest BCUT2D eigenvalue weighted by molar-refractivity contribution is 5.90. The average Bonchev–Trinajstić information content (AvgIpc) is 2.65. The van der Waals surface area contributed by atoms with Gasteiger partial charge in [-0.25, -0.2) is 0 Å². The Hall–Kier alpha value is -3.19. The molecule has 0 spiro atoms. The predicted molar refractivity (Wildman–Crippen MR) is 92.6 cm³/mol. The minimum absolute atomic E-state index is 0.351. The van der Waals surface area contributed by atoms with Gasteiger partial charge in [-0.15, -0.1) is 0 Å². The Kier molecular flexibility index (Phi) is 4.83. The molecule has 0 aliphatic rings. The maximum absolute atomic E-state index is 9.43. The van der Waals surface area contributed by atoms with Gasteiger partial charge in [0.2, 0.25) is 0 Å². The summed E-state index contributed by atoms with van der Waals surface area (Å²) in [5.74, 6) is 2.04. The molecule has 0 saturated carbocycles. The van der Waals surface area contributed by atoms with Crippen molar-refractivity contribution in [1.29, 1.82) is 5.26 Å². The van der Waals surface area contributed by atoms with Gasteiger partial charge in [0, 0.05) is 11.5 Å². The summed E-state index contributed by atoms with van der Waals surface area (Å²) in [4.78, 5) is 0. The summed E-state index contributed by atoms with van der Waals surface area (Å²) in [5.41, 5.74) is 0.550. The highest BCUT2D eigenvalue weighted by Gasteiger charge is 2.08. The fraction of sp³-hybridized carbons (Fsp3) is 0.150. The second-order valence-electron chi connectivity index (χ2n) is 5.15. The molecule has 0 heterocycles. The van der Waals surface area contributed by atoms with Crippen molar-refractivity contribution in [3.8, 4) is 23.3 Å². The van der Waals surface area contributed by atoms with E-state index in [2.05, 4.69) is 6.07 Å². The largest absolute Gasteiger partial charge is 0.497 e. The molecule has 3 aromatic carbocycles. The van der Waals surface area contributed by atoms with Crippen molar-refractivity contribution in [3.63, 3.8) is 0 Å². The van der Waals surface area contributed by atoms with Crippen LogP contribution in [0.4, 0.5) is 0 Å². The first-order valence-corrected chi connectivity index (χ1v) is 7.63. The van der Waals surface area contributed by atoms with Gasteiger partial charge in [-0.3, -0.25) is 0 Å². The molecule has 0 radical (unpaired) electrons. The van der Waals surface area contributed by atoms with E-state index in [1.54, 1.807) is 7.11 Å². The molecule has 3 rings (SSSR count). The summed E-state index contributed by atoms with van der Waals surface area (Å²) in [6.07, 6.45) is 0. The van der Waals surface area contributed by atoms with Crippen LogP contribution in [-0.2, 0) is 0 Å². The zero-order chi connectivity index (χ0) is 16.8. The van der Waals surface area contributed by atoms with Gasteiger partial charge in [-0.1, -0.05) is 36.4 Å². The quantitative estimate of drug-likeness (QED) is 0.640. The van der Waals surface area contributed by atoms with E-state index in [1.807, 2.05) is 60.7 Å². The Labute approximate surface area is 140 Å². The number of benzene rings is 3. The second-order valence-corrected chi connectivity index (χ2v) is 5.15. The molecule has 0 bridgehead atoms. The Morgan fingerprint density at radius 1 is 0.875 bits per heavy atom. The molecule has 4 nitrogen and oxygen atoms in total. The second kappa shape index (κ2) is 7.38. The Balaban J connectivity index is 1.64. The molecule has 0 unspecified atom stereocenters. The summed E-state index contributed by atoms with van der Waals surface area (Å²) in [6.45, 7) is 0.731. The standard InChI is InChI=1S/C20H17NO3/c1-22-16-6-4-7-17(13-16)23-11-12-24-20-10-9-15-5-2-3-8-18(15)19(20)14-21/h2-10,13H,11-12H2,1H3. The van der Waals surface area contributed by atoms with Gasteiger partial charge in [0.15, 0.2) is 0 Å². The molecule has 120 valence electrons. The average molecular weight is 319 g/mol. The van der Waals surface area contributed by atoms with E-state index in [1.165, 1.54) is 0 Å². The van der Waals surface area contributed by atoms with Crippen LogP contribution in [0, 0.1) is 11.3 Å². The molecule has 0 fully saturated rings. The Bertz CT molecular complexity index is 883. The first kappa shape index (κ1) is 15.7. The first-order chi connectivity index (χ1) is 11.8. The zero-order valence-corrected chi connectivity index (χ0v) is 13.4. The van der Waals surface area contributed by atoms with Gasteiger partial charge in [-0.05, 0) is 23.6 Å². The Morgan fingerprint density at radius 3 is 2.50 bits per heavy atom. The van der Waals surface area contributed by atoms with E-state index in [-0.39, 0.29) is 0 Å². The third-order valence-corrected chi connectivity index (χ3v) is 3.65. The predicted octanol–water partition coefficient (Wildman–Crippen LogP) is 4.18. The van der Waals surface area contributed by atoms with Crippen LogP contribution >= 0.6 is 0 Å². The number of methoxy groups -OCH3 is 1. The van der Waals surface area contributed by atoms with Crippen LogP contribution in [0.3, 0.4) is 0 Å². The minimum atomic E-state index is 0.351. The fourth-order valence-electron chi connectivity index (χ4n) is 2.49. The van der Waals surface area contributed by atoms with Gasteiger partial charge < -0.3 is 14.2 Å². The molecule has 0 aliphatic heterocycles. The number of ether oxygens (including phenoxy) is 3. The summed E-state index contributed by atoms with van der Waals surface area (Å²) in [6, 6.07) is 21.2. The van der Waals surface area contributed by atoms with E-state index in [4.69, 9.17) is 14.2 Å². The number of hydrogen-bond acceptors (Lipinski definition) is 4. The van der Waals surface area contributed by atoms with Crippen molar-refractivity contribution in [2.24, 2.45) is 0 Å². The molecule has 0 saturated heterocycles. The van der Waals surface area contributed by atoms with Gasteiger partial charge in [0.05, 0.1) is 7.11 Å². The van der Waals surface area contributed by atoms with Crippen LogP contribution in [0.15, 0.2) is 60.7 Å². The molecule has 24 heavy (non-hydrogen) atoms. The molecule has 0 N–H and O–H groups in total. The maximum atomic E-state index is 9.43. The van der Waals surface area contributed by atoms with Crippen molar-refractivity contribution in [2.75, 3.05) is 20.3 Å². The van der Waals surface area contributed by atoms with Gasteiger partial charge in [0.25, 0.3) is 0 Å². The Morgan fingerprint density at radius 2 is 1.67 bits per heavy atom. The van der Waals surface area contributed by atoms with Gasteiger partial charge >= 0.3 is 0 Å². The molecular weight excluding hydrogens is 302 g/mol. The van der Waals surface area contributed by atoms with Crippen molar-refractivity contribution in [1.82, 2.24) is 0 Å². The third-order valence-electron chi connectivity index (χ3n) is 3.65. The van der Waals surface area contributed by atoms with Crippen LogP contribution in [0.5, 0.6) is 17.2 Å². The summed E-state index contributed by atoms with van der Waals surface area (Å²) in [5, 5.41) is 11.4. The minimum Gasteiger partial charge on any atom is -0.497 e. The maximum Gasteiger partial charge on any atom is 0.137 e. The monoisotopic (exact) mass is 319 g/mol. The smallest absolute Gasteiger partial charge is 0.137 e. The zero-order valence-electron chi connectivity index (χ0n) is 13.4. The molecule has 0 aliphatic carbocycles. The van der Waals surface area contributed by atoms with E-state index in [9.17, 15) is 5.26 Å². The number of hydrogen-bond donors (Lipinski definition) is 0. The van der Waals surface area contributed by atoms with E-state index in [0.29, 0.717) is 24.5 Å². The topological polar surface area (TPSA) is 51.5 Å². The molecule has 3 aromatic rings. The lowest BCUT2D eigenvalue weighted by Crippen LogP contribution is -2.09. The number of fused-ring (bicyclic) bond motifs is 1. The highest BCUT2D eigenvalue weighted by atomic mass is 16.5. The normalized spacial score (nSPS) is 10.2.